The van der Waals surface area contributed by atoms with Crippen molar-refractivity contribution in [3.05, 3.63) is 101 Å². The predicted octanol–water partition coefficient (Wildman–Crippen LogP) is 5.21. The van der Waals surface area contributed by atoms with Crippen LogP contribution in [0.2, 0.25) is 0 Å². The lowest BCUT2D eigenvalue weighted by Crippen LogP contribution is -1.84. The fraction of sp³-hybridized carbons (Fsp3) is 0.0435. The van der Waals surface area contributed by atoms with Crippen LogP contribution in [0.1, 0.15) is 22.3 Å². The van der Waals surface area contributed by atoms with E-state index in [1.807, 2.05) is 66.7 Å². The van der Waals surface area contributed by atoms with E-state index in [9.17, 15) is 0 Å². The summed E-state index contributed by atoms with van der Waals surface area (Å²) in [5.41, 5.74) is 3.97. The van der Waals surface area contributed by atoms with Crippen LogP contribution in [0.3, 0.4) is 0 Å². The van der Waals surface area contributed by atoms with Gasteiger partial charge < -0.3 is 0 Å². The highest BCUT2D eigenvalue weighted by atomic mass is 32.2. The Balaban J connectivity index is 1.94. The van der Waals surface area contributed by atoms with E-state index in [0.717, 1.165) is 22.3 Å². The van der Waals surface area contributed by atoms with Crippen molar-refractivity contribution in [3.8, 4) is 23.7 Å². The summed E-state index contributed by atoms with van der Waals surface area (Å²) in [4.78, 5) is 1.19. The summed E-state index contributed by atoms with van der Waals surface area (Å²) in [7, 11) is 0. The van der Waals surface area contributed by atoms with Crippen LogP contribution in [0.25, 0.3) is 0 Å². The third-order valence-electron chi connectivity index (χ3n) is 3.48. The molecule has 0 fully saturated rings. The highest BCUT2D eigenvalue weighted by molar-refractivity contribution is 7.98. The minimum Gasteiger partial charge on any atom is -0.128 e. The van der Waals surface area contributed by atoms with Crippen molar-refractivity contribution in [2.75, 3.05) is 6.26 Å². The Bertz CT molecular complexity index is 948. The van der Waals surface area contributed by atoms with Crippen LogP contribution < -0.4 is 0 Å². The SMILES string of the molecule is CSc1ccccc1C#Cc1ccccc1C#Cc1ccccc1. The van der Waals surface area contributed by atoms with E-state index in [1.165, 1.54) is 4.90 Å². The molecule has 0 N–H and O–H groups in total. The third-order valence-corrected chi connectivity index (χ3v) is 4.28. The van der Waals surface area contributed by atoms with Gasteiger partial charge in [0.15, 0.2) is 0 Å². The zero-order chi connectivity index (χ0) is 16.6. The molecule has 0 heterocycles. The van der Waals surface area contributed by atoms with Gasteiger partial charge in [-0.3, -0.25) is 0 Å². The zero-order valence-corrected chi connectivity index (χ0v) is 14.2. The zero-order valence-electron chi connectivity index (χ0n) is 13.4. The van der Waals surface area contributed by atoms with Gasteiger partial charge in [-0.2, -0.15) is 0 Å². The van der Waals surface area contributed by atoms with Crippen LogP contribution in [0, 0.1) is 23.7 Å². The summed E-state index contributed by atoms with van der Waals surface area (Å²) >= 11 is 1.71. The Hall–Kier alpha value is -2.87. The number of hydrogen-bond acceptors (Lipinski definition) is 1. The van der Waals surface area contributed by atoms with Gasteiger partial charge in [-0.1, -0.05) is 66.1 Å². The molecule has 1 heteroatoms. The Morgan fingerprint density at radius 3 is 1.71 bits per heavy atom. The van der Waals surface area contributed by atoms with Gasteiger partial charge in [-0.05, 0) is 42.7 Å². The molecular weight excluding hydrogens is 308 g/mol. The van der Waals surface area contributed by atoms with E-state index in [-0.39, 0.29) is 0 Å². The first-order valence-electron chi connectivity index (χ1n) is 7.68. The lowest BCUT2D eigenvalue weighted by Gasteiger charge is -1.99. The Kier molecular flexibility index (Phi) is 5.41. The minimum absolute atomic E-state index is 0.954. The van der Waals surface area contributed by atoms with Gasteiger partial charge in [-0.15, -0.1) is 11.8 Å². The van der Waals surface area contributed by atoms with Crippen molar-refractivity contribution >= 4 is 11.8 Å². The first-order valence-corrected chi connectivity index (χ1v) is 8.90. The Morgan fingerprint density at radius 2 is 1.04 bits per heavy atom. The van der Waals surface area contributed by atoms with E-state index in [1.54, 1.807) is 11.8 Å². The van der Waals surface area contributed by atoms with Gasteiger partial charge >= 0.3 is 0 Å². The van der Waals surface area contributed by atoms with Crippen LogP contribution in [-0.4, -0.2) is 6.26 Å². The second-order valence-corrected chi connectivity index (χ2v) is 5.96. The van der Waals surface area contributed by atoms with Gasteiger partial charge in [0.1, 0.15) is 0 Å². The highest BCUT2D eigenvalue weighted by Crippen LogP contribution is 2.19. The van der Waals surface area contributed by atoms with Crippen molar-refractivity contribution < 1.29 is 0 Å². The van der Waals surface area contributed by atoms with Gasteiger partial charge in [-0.25, -0.2) is 0 Å². The molecule has 0 radical (unpaired) electrons. The van der Waals surface area contributed by atoms with Crippen molar-refractivity contribution in [1.82, 2.24) is 0 Å². The van der Waals surface area contributed by atoms with Crippen molar-refractivity contribution in [2.45, 2.75) is 4.90 Å². The molecule has 3 aromatic rings. The molecule has 0 aliphatic rings. The smallest absolute Gasteiger partial charge is 0.0405 e. The molecule has 0 atom stereocenters. The van der Waals surface area contributed by atoms with Gasteiger partial charge in [0, 0.05) is 27.1 Å². The van der Waals surface area contributed by atoms with E-state index in [2.05, 4.69) is 42.1 Å². The second-order valence-electron chi connectivity index (χ2n) is 5.11. The molecule has 0 amide bonds. The average molecular weight is 324 g/mol. The largest absolute Gasteiger partial charge is 0.128 e. The maximum absolute atomic E-state index is 3.28. The van der Waals surface area contributed by atoms with Gasteiger partial charge in [0.25, 0.3) is 0 Å². The maximum atomic E-state index is 3.28. The van der Waals surface area contributed by atoms with E-state index < -0.39 is 0 Å². The van der Waals surface area contributed by atoms with E-state index in [0.29, 0.717) is 0 Å². The summed E-state index contributed by atoms with van der Waals surface area (Å²) in [6.45, 7) is 0. The lowest BCUT2D eigenvalue weighted by molar-refractivity contribution is 1.42. The topological polar surface area (TPSA) is 0 Å². The molecule has 0 aliphatic heterocycles. The molecule has 0 aromatic heterocycles. The fourth-order valence-electron chi connectivity index (χ4n) is 2.24. The van der Waals surface area contributed by atoms with Crippen molar-refractivity contribution in [1.29, 1.82) is 0 Å². The van der Waals surface area contributed by atoms with Crippen LogP contribution in [0.5, 0.6) is 0 Å². The summed E-state index contributed by atoms with van der Waals surface area (Å²) in [6.07, 6.45) is 2.07. The molecule has 114 valence electrons. The second kappa shape index (κ2) is 8.11. The first-order chi connectivity index (χ1) is 11.9. The average Bonchev–Trinajstić information content (AvgIpc) is 2.66. The number of hydrogen-bond donors (Lipinski definition) is 0. The number of rotatable bonds is 1. The molecule has 0 bridgehead atoms. The fourth-order valence-corrected chi connectivity index (χ4v) is 2.80. The predicted molar refractivity (Wildman–Crippen MR) is 103 cm³/mol. The summed E-state index contributed by atoms with van der Waals surface area (Å²) in [5.74, 6) is 13.0. The molecule has 24 heavy (non-hydrogen) atoms. The van der Waals surface area contributed by atoms with Crippen LogP contribution in [0.4, 0.5) is 0 Å². The Labute approximate surface area is 147 Å². The first kappa shape index (κ1) is 16.0. The molecule has 3 rings (SSSR count). The summed E-state index contributed by atoms with van der Waals surface area (Å²) in [5, 5.41) is 0. The molecule has 0 saturated heterocycles. The Morgan fingerprint density at radius 1 is 0.542 bits per heavy atom. The van der Waals surface area contributed by atoms with E-state index in [4.69, 9.17) is 0 Å². The number of thioether (sulfide) groups is 1. The minimum atomic E-state index is 0.954. The normalized spacial score (nSPS) is 9.38. The molecule has 0 spiro atoms. The maximum Gasteiger partial charge on any atom is 0.0405 e. The molecule has 3 aromatic carbocycles. The van der Waals surface area contributed by atoms with Gasteiger partial charge in [0.2, 0.25) is 0 Å². The third kappa shape index (κ3) is 4.11. The standard InChI is InChI=1S/C23H16S/c1-24-23-14-8-7-13-22(23)18-17-21-12-6-5-11-20(21)16-15-19-9-3-2-4-10-19/h2-14H,1H3. The van der Waals surface area contributed by atoms with Crippen molar-refractivity contribution in [3.63, 3.8) is 0 Å². The van der Waals surface area contributed by atoms with Gasteiger partial charge in [0.05, 0.1) is 0 Å². The molecule has 0 saturated carbocycles. The van der Waals surface area contributed by atoms with Crippen LogP contribution >= 0.6 is 11.8 Å². The molecule has 0 aliphatic carbocycles. The molecule has 0 unspecified atom stereocenters. The lowest BCUT2D eigenvalue weighted by atomic mass is 10.1. The van der Waals surface area contributed by atoms with Crippen molar-refractivity contribution in [2.24, 2.45) is 0 Å². The van der Waals surface area contributed by atoms with Crippen LogP contribution in [-0.2, 0) is 0 Å². The summed E-state index contributed by atoms with van der Waals surface area (Å²) < 4.78 is 0. The summed E-state index contributed by atoms with van der Waals surface area (Å²) in [6, 6.07) is 26.2. The monoisotopic (exact) mass is 324 g/mol. The number of benzene rings is 3. The van der Waals surface area contributed by atoms with E-state index >= 15 is 0 Å². The van der Waals surface area contributed by atoms with Crippen LogP contribution in [0.15, 0.2) is 83.8 Å². The molecular formula is C23H16S. The molecule has 0 nitrogen and oxygen atoms in total. The highest BCUT2D eigenvalue weighted by Gasteiger charge is 1.98. The quantitative estimate of drug-likeness (QED) is 0.437.